The van der Waals surface area contributed by atoms with Gasteiger partial charge in [-0.3, -0.25) is 4.90 Å². The monoisotopic (exact) mass is 263 g/mol. The van der Waals surface area contributed by atoms with Crippen molar-refractivity contribution in [1.29, 1.82) is 0 Å². The lowest BCUT2D eigenvalue weighted by Crippen LogP contribution is -2.33. The molecule has 0 unspecified atom stereocenters. The number of rotatable bonds is 3. The Morgan fingerprint density at radius 1 is 1.21 bits per heavy atom. The highest BCUT2D eigenvalue weighted by Crippen LogP contribution is 2.38. The van der Waals surface area contributed by atoms with Crippen LogP contribution in [0.15, 0.2) is 12.1 Å². The van der Waals surface area contributed by atoms with Gasteiger partial charge in [0.25, 0.3) is 0 Å². The molecule has 0 atom stereocenters. The van der Waals surface area contributed by atoms with E-state index in [0.29, 0.717) is 11.5 Å². The number of piperidine rings is 1. The van der Waals surface area contributed by atoms with Crippen LogP contribution in [0.4, 0.5) is 0 Å². The van der Waals surface area contributed by atoms with E-state index in [4.69, 9.17) is 9.47 Å². The Hall–Kier alpha value is -1.42. The average Bonchev–Trinajstić information content (AvgIpc) is 2.87. The van der Waals surface area contributed by atoms with E-state index in [1.165, 1.54) is 19.3 Å². The van der Waals surface area contributed by atoms with Crippen molar-refractivity contribution in [2.24, 2.45) is 5.92 Å². The summed E-state index contributed by atoms with van der Waals surface area (Å²) in [6.45, 7) is 5.54. The summed E-state index contributed by atoms with van der Waals surface area (Å²) in [5.74, 6) is 2.57. The van der Waals surface area contributed by atoms with Gasteiger partial charge < -0.3 is 14.6 Å². The topological polar surface area (TPSA) is 41.9 Å². The van der Waals surface area contributed by atoms with Gasteiger partial charge in [-0.25, -0.2) is 0 Å². The van der Waals surface area contributed by atoms with Crippen LogP contribution >= 0.6 is 0 Å². The first kappa shape index (κ1) is 12.6. The molecule has 0 aliphatic carbocycles. The molecule has 0 amide bonds. The van der Waals surface area contributed by atoms with E-state index >= 15 is 0 Å². The Balaban J connectivity index is 1.67. The minimum absolute atomic E-state index is 0.250. The molecule has 2 heterocycles. The summed E-state index contributed by atoms with van der Waals surface area (Å²) in [6.07, 6.45) is 3.81. The number of hydrogen-bond donors (Lipinski definition) is 1. The van der Waals surface area contributed by atoms with Crippen LogP contribution in [0.5, 0.6) is 17.2 Å². The van der Waals surface area contributed by atoms with Crippen molar-refractivity contribution in [2.75, 3.05) is 19.9 Å². The Labute approximate surface area is 113 Å². The number of likely N-dealkylation sites (tertiary alicyclic amines) is 1. The van der Waals surface area contributed by atoms with E-state index in [2.05, 4.69) is 11.8 Å². The van der Waals surface area contributed by atoms with Gasteiger partial charge >= 0.3 is 0 Å². The number of phenolic OH excluding ortho intramolecular Hbond substituents is 1. The molecule has 2 aliphatic heterocycles. The second-order valence-electron chi connectivity index (χ2n) is 5.46. The van der Waals surface area contributed by atoms with E-state index in [1.54, 1.807) is 6.07 Å². The van der Waals surface area contributed by atoms with Gasteiger partial charge in [-0.2, -0.15) is 0 Å². The SMILES string of the molecule is CCC1CCN(Cc2cc3c(cc2O)OCO3)CC1. The predicted molar refractivity (Wildman–Crippen MR) is 72.5 cm³/mol. The zero-order valence-electron chi connectivity index (χ0n) is 11.4. The van der Waals surface area contributed by atoms with Crippen LogP contribution in [0.3, 0.4) is 0 Å². The molecule has 0 radical (unpaired) electrons. The van der Waals surface area contributed by atoms with Crippen molar-refractivity contribution in [3.05, 3.63) is 17.7 Å². The van der Waals surface area contributed by atoms with Gasteiger partial charge in [0.15, 0.2) is 11.5 Å². The summed E-state index contributed by atoms with van der Waals surface area (Å²) in [6, 6.07) is 3.57. The summed E-state index contributed by atoms with van der Waals surface area (Å²) in [5, 5.41) is 10.0. The van der Waals surface area contributed by atoms with E-state index in [0.717, 1.165) is 36.9 Å². The Morgan fingerprint density at radius 3 is 2.58 bits per heavy atom. The summed E-state index contributed by atoms with van der Waals surface area (Å²) in [7, 11) is 0. The van der Waals surface area contributed by atoms with Gasteiger partial charge in [0.2, 0.25) is 6.79 Å². The van der Waals surface area contributed by atoms with Crippen LogP contribution in [0.2, 0.25) is 0 Å². The second-order valence-corrected chi connectivity index (χ2v) is 5.46. The molecule has 0 spiro atoms. The normalized spacial score (nSPS) is 19.8. The number of nitrogens with zero attached hydrogens (tertiary/aromatic N) is 1. The number of hydrogen-bond acceptors (Lipinski definition) is 4. The van der Waals surface area contributed by atoms with Crippen molar-refractivity contribution in [2.45, 2.75) is 32.7 Å². The van der Waals surface area contributed by atoms with E-state index in [-0.39, 0.29) is 6.79 Å². The molecule has 1 N–H and O–H groups in total. The Morgan fingerprint density at radius 2 is 1.89 bits per heavy atom. The van der Waals surface area contributed by atoms with E-state index in [9.17, 15) is 5.11 Å². The summed E-state index contributed by atoms with van der Waals surface area (Å²) >= 11 is 0. The van der Waals surface area contributed by atoms with Crippen LogP contribution in [-0.2, 0) is 6.54 Å². The largest absolute Gasteiger partial charge is 0.507 e. The summed E-state index contributed by atoms with van der Waals surface area (Å²) < 4.78 is 10.6. The van der Waals surface area contributed by atoms with Crippen LogP contribution in [0, 0.1) is 5.92 Å². The van der Waals surface area contributed by atoms with E-state index < -0.39 is 0 Å². The number of fused-ring (bicyclic) bond motifs is 1. The standard InChI is InChI=1S/C15H21NO3/c1-2-11-3-5-16(6-4-11)9-12-7-14-15(8-13(12)17)19-10-18-14/h7-8,11,17H,2-6,9-10H2,1H3. The average molecular weight is 263 g/mol. The minimum atomic E-state index is 0.250. The molecular formula is C15H21NO3. The highest BCUT2D eigenvalue weighted by atomic mass is 16.7. The van der Waals surface area contributed by atoms with Crippen molar-refractivity contribution >= 4 is 0 Å². The molecule has 1 fully saturated rings. The first-order chi connectivity index (χ1) is 9.26. The molecule has 1 aromatic rings. The maximum absolute atomic E-state index is 10.0. The molecule has 2 aliphatic rings. The third kappa shape index (κ3) is 2.63. The van der Waals surface area contributed by atoms with Crippen molar-refractivity contribution < 1.29 is 14.6 Å². The highest BCUT2D eigenvalue weighted by Gasteiger charge is 2.21. The quantitative estimate of drug-likeness (QED) is 0.910. The maximum atomic E-state index is 10.0. The zero-order chi connectivity index (χ0) is 13.2. The lowest BCUT2D eigenvalue weighted by Gasteiger charge is -2.31. The Kier molecular flexibility index (Phi) is 3.51. The van der Waals surface area contributed by atoms with Gasteiger partial charge in [0, 0.05) is 18.2 Å². The smallest absolute Gasteiger partial charge is 0.231 e. The fraction of sp³-hybridized carbons (Fsp3) is 0.600. The maximum Gasteiger partial charge on any atom is 0.231 e. The molecule has 0 aromatic heterocycles. The van der Waals surface area contributed by atoms with Gasteiger partial charge in [-0.15, -0.1) is 0 Å². The van der Waals surface area contributed by atoms with Crippen molar-refractivity contribution in [3.8, 4) is 17.2 Å². The molecule has 0 saturated carbocycles. The number of benzene rings is 1. The molecule has 1 aromatic carbocycles. The predicted octanol–water partition coefficient (Wildman–Crippen LogP) is 2.74. The first-order valence-corrected chi connectivity index (χ1v) is 7.10. The number of ether oxygens (including phenoxy) is 2. The third-order valence-corrected chi connectivity index (χ3v) is 4.25. The number of phenols is 1. The van der Waals surface area contributed by atoms with Crippen LogP contribution < -0.4 is 9.47 Å². The molecule has 0 bridgehead atoms. The molecule has 1 saturated heterocycles. The summed E-state index contributed by atoms with van der Waals surface area (Å²) in [4.78, 5) is 2.41. The van der Waals surface area contributed by atoms with Crippen molar-refractivity contribution in [3.63, 3.8) is 0 Å². The minimum Gasteiger partial charge on any atom is -0.507 e. The van der Waals surface area contributed by atoms with Gasteiger partial charge in [0.05, 0.1) is 0 Å². The first-order valence-electron chi connectivity index (χ1n) is 7.10. The lowest BCUT2D eigenvalue weighted by molar-refractivity contribution is 0.172. The molecule has 4 nitrogen and oxygen atoms in total. The van der Waals surface area contributed by atoms with Gasteiger partial charge in [-0.1, -0.05) is 13.3 Å². The van der Waals surface area contributed by atoms with Gasteiger partial charge in [0.1, 0.15) is 5.75 Å². The molecule has 104 valence electrons. The third-order valence-electron chi connectivity index (χ3n) is 4.25. The van der Waals surface area contributed by atoms with E-state index in [1.807, 2.05) is 6.07 Å². The highest BCUT2D eigenvalue weighted by molar-refractivity contribution is 5.51. The van der Waals surface area contributed by atoms with Crippen LogP contribution in [-0.4, -0.2) is 29.9 Å². The lowest BCUT2D eigenvalue weighted by atomic mass is 9.94. The molecule has 4 heteroatoms. The second kappa shape index (κ2) is 5.29. The van der Waals surface area contributed by atoms with Crippen molar-refractivity contribution in [1.82, 2.24) is 4.90 Å². The van der Waals surface area contributed by atoms with Gasteiger partial charge in [-0.05, 0) is 37.9 Å². The molecule has 19 heavy (non-hydrogen) atoms. The fourth-order valence-electron chi connectivity index (χ4n) is 2.89. The van der Waals surface area contributed by atoms with Crippen LogP contribution in [0.25, 0.3) is 0 Å². The molecule has 3 rings (SSSR count). The fourth-order valence-corrected chi connectivity index (χ4v) is 2.89. The Bertz CT molecular complexity index is 453. The molecular weight excluding hydrogens is 242 g/mol. The number of aromatic hydroxyl groups is 1. The van der Waals surface area contributed by atoms with Crippen LogP contribution in [0.1, 0.15) is 31.7 Å². The summed E-state index contributed by atoms with van der Waals surface area (Å²) in [5.41, 5.74) is 0.930. The zero-order valence-corrected chi connectivity index (χ0v) is 11.4.